The quantitative estimate of drug-likeness (QED) is 0.943. The molecule has 0 bridgehead atoms. The van der Waals surface area contributed by atoms with E-state index in [4.69, 9.17) is 4.74 Å². The fraction of sp³-hybridized carbons (Fsp3) is 0.211. The van der Waals surface area contributed by atoms with Crippen molar-refractivity contribution in [1.29, 1.82) is 0 Å². The summed E-state index contributed by atoms with van der Waals surface area (Å²) in [5, 5.41) is 4.21. The summed E-state index contributed by atoms with van der Waals surface area (Å²) in [5.74, 6) is 0.583. The van der Waals surface area contributed by atoms with Crippen LogP contribution >= 0.6 is 0 Å². The number of rotatable bonds is 3. The predicted octanol–water partition coefficient (Wildman–Crippen LogP) is 2.63. The number of benzene rings is 1. The minimum Gasteiger partial charge on any atom is -0.496 e. The third kappa shape index (κ3) is 2.58. The van der Waals surface area contributed by atoms with Crippen molar-refractivity contribution in [1.82, 2.24) is 9.88 Å². The van der Waals surface area contributed by atoms with Gasteiger partial charge in [-0.3, -0.25) is 4.79 Å². The molecule has 0 fully saturated rings. The molecule has 1 aliphatic heterocycles. The highest BCUT2D eigenvalue weighted by Gasteiger charge is 2.18. The molecule has 0 unspecified atom stereocenters. The Kier molecular flexibility index (Phi) is 4.16. The lowest BCUT2D eigenvalue weighted by Gasteiger charge is -2.23. The summed E-state index contributed by atoms with van der Waals surface area (Å²) in [4.78, 5) is 14.4. The van der Waals surface area contributed by atoms with Gasteiger partial charge >= 0.3 is 0 Å². The molecule has 0 spiro atoms. The second kappa shape index (κ2) is 6.28. The first-order chi connectivity index (χ1) is 11.5. The van der Waals surface area contributed by atoms with E-state index in [0.29, 0.717) is 5.75 Å². The Labute approximate surface area is 141 Å². The van der Waals surface area contributed by atoms with Crippen molar-refractivity contribution >= 4 is 22.3 Å². The van der Waals surface area contributed by atoms with Crippen LogP contribution in [0.5, 0.6) is 5.75 Å². The van der Waals surface area contributed by atoms with Gasteiger partial charge in [-0.2, -0.15) is 0 Å². The average Bonchev–Trinajstić information content (AvgIpc) is 2.85. The van der Waals surface area contributed by atoms with Crippen molar-refractivity contribution in [2.45, 2.75) is 0 Å². The van der Waals surface area contributed by atoms with Gasteiger partial charge in [0, 0.05) is 55.7 Å². The summed E-state index contributed by atoms with van der Waals surface area (Å²) in [6.45, 7) is 0. The predicted molar refractivity (Wildman–Crippen MR) is 99.5 cm³/mol. The number of hydrogen-bond donors (Lipinski definition) is 1. The van der Waals surface area contributed by atoms with E-state index in [1.807, 2.05) is 61.6 Å². The van der Waals surface area contributed by atoms with E-state index in [2.05, 4.69) is 5.32 Å². The summed E-state index contributed by atoms with van der Waals surface area (Å²) < 4.78 is 7.10. The molecule has 1 aliphatic rings. The van der Waals surface area contributed by atoms with Crippen LogP contribution in [0.1, 0.15) is 5.56 Å². The minimum absolute atomic E-state index is 0.100. The molecule has 0 radical (unpaired) electrons. The number of anilines is 1. The molecule has 124 valence electrons. The van der Waals surface area contributed by atoms with Gasteiger partial charge < -0.3 is 19.5 Å². The van der Waals surface area contributed by atoms with E-state index in [-0.39, 0.29) is 5.56 Å². The second-order valence-electron chi connectivity index (χ2n) is 5.83. The van der Waals surface area contributed by atoms with Gasteiger partial charge in [0.05, 0.1) is 12.6 Å². The minimum atomic E-state index is -0.100. The van der Waals surface area contributed by atoms with Crippen LogP contribution in [0.4, 0.5) is 5.69 Å². The number of allylic oxidation sites excluding steroid dienone is 4. The molecule has 2 aromatic rings. The average molecular weight is 323 g/mol. The number of methoxy groups -OCH3 is 1. The third-order valence-corrected chi connectivity index (χ3v) is 4.13. The van der Waals surface area contributed by atoms with Gasteiger partial charge in [0.1, 0.15) is 5.75 Å². The third-order valence-electron chi connectivity index (χ3n) is 4.13. The summed E-state index contributed by atoms with van der Waals surface area (Å²) in [7, 11) is 7.36. The van der Waals surface area contributed by atoms with E-state index >= 15 is 0 Å². The molecule has 0 atom stereocenters. The van der Waals surface area contributed by atoms with Crippen LogP contribution < -0.4 is 20.5 Å². The van der Waals surface area contributed by atoms with Gasteiger partial charge in [0.25, 0.3) is 5.56 Å². The summed E-state index contributed by atoms with van der Waals surface area (Å²) in [5.41, 5.74) is 3.66. The van der Waals surface area contributed by atoms with Crippen molar-refractivity contribution < 1.29 is 4.74 Å². The Morgan fingerprint density at radius 2 is 1.96 bits per heavy atom. The van der Waals surface area contributed by atoms with Crippen LogP contribution in [0.2, 0.25) is 0 Å². The summed E-state index contributed by atoms with van der Waals surface area (Å²) in [6, 6.07) is 5.57. The normalized spacial score (nSPS) is 13.4. The Bertz CT molecular complexity index is 934. The van der Waals surface area contributed by atoms with Crippen molar-refractivity contribution in [2.24, 2.45) is 7.05 Å². The van der Waals surface area contributed by atoms with Crippen molar-refractivity contribution in [2.75, 3.05) is 26.1 Å². The van der Waals surface area contributed by atoms with E-state index in [1.165, 1.54) is 6.07 Å². The van der Waals surface area contributed by atoms with Crippen molar-refractivity contribution in [3.8, 4) is 5.75 Å². The zero-order valence-electron chi connectivity index (χ0n) is 14.3. The molecule has 5 heteroatoms. The first-order valence-corrected chi connectivity index (χ1v) is 7.73. The number of nitrogens with one attached hydrogen (secondary N) is 1. The lowest BCUT2D eigenvalue weighted by atomic mass is 10.0. The van der Waals surface area contributed by atoms with Gasteiger partial charge in [0.15, 0.2) is 0 Å². The smallest absolute Gasteiger partial charge is 0.254 e. The lowest BCUT2D eigenvalue weighted by Crippen LogP contribution is -2.21. The molecule has 5 nitrogen and oxygen atoms in total. The molecule has 1 aromatic carbocycles. The van der Waals surface area contributed by atoms with Crippen LogP contribution in [0.15, 0.2) is 53.5 Å². The number of hydrogen-bond acceptors (Lipinski definition) is 4. The summed E-state index contributed by atoms with van der Waals surface area (Å²) in [6.07, 6.45) is 9.75. The maximum Gasteiger partial charge on any atom is 0.254 e. The standard InChI is InChI=1S/C19H21N3O2/c1-21(2)15-10-9-13-16(24-4)12-17(23)22(3)19(13)18(15)14-8-6-5-7-11-20-14/h5-12,20H,1-4H3. The van der Waals surface area contributed by atoms with Crippen LogP contribution in [-0.2, 0) is 7.05 Å². The number of aromatic nitrogens is 1. The Morgan fingerprint density at radius 3 is 2.67 bits per heavy atom. The highest BCUT2D eigenvalue weighted by atomic mass is 16.5. The molecule has 24 heavy (non-hydrogen) atoms. The van der Waals surface area contributed by atoms with E-state index in [1.54, 1.807) is 18.7 Å². The zero-order chi connectivity index (χ0) is 17.3. The summed E-state index contributed by atoms with van der Waals surface area (Å²) >= 11 is 0. The number of nitrogens with zero attached hydrogens (tertiary/aromatic N) is 2. The number of fused-ring (bicyclic) bond motifs is 1. The molecule has 0 aliphatic carbocycles. The topological polar surface area (TPSA) is 46.5 Å². The van der Waals surface area contributed by atoms with Crippen molar-refractivity contribution in [3.63, 3.8) is 0 Å². The zero-order valence-corrected chi connectivity index (χ0v) is 14.3. The first kappa shape index (κ1) is 15.9. The maximum absolute atomic E-state index is 12.4. The van der Waals surface area contributed by atoms with Gasteiger partial charge in [-0.05, 0) is 24.3 Å². The lowest BCUT2D eigenvalue weighted by molar-refractivity contribution is 0.418. The molecule has 0 saturated heterocycles. The first-order valence-electron chi connectivity index (χ1n) is 7.73. The van der Waals surface area contributed by atoms with Crippen LogP contribution in [0.25, 0.3) is 16.6 Å². The molecule has 2 heterocycles. The van der Waals surface area contributed by atoms with Gasteiger partial charge in [-0.25, -0.2) is 0 Å². The molecule has 1 aromatic heterocycles. The SMILES string of the molecule is COc1cc(=O)n(C)c2c(C3=CC=CC=CN3)c(N(C)C)ccc12. The molecule has 1 N–H and O–H groups in total. The van der Waals surface area contributed by atoms with E-state index in [0.717, 1.165) is 27.9 Å². The fourth-order valence-corrected chi connectivity index (χ4v) is 2.94. The number of ether oxygens (including phenoxy) is 1. The monoisotopic (exact) mass is 323 g/mol. The molecule has 0 saturated carbocycles. The molecule has 3 rings (SSSR count). The van der Waals surface area contributed by atoms with E-state index < -0.39 is 0 Å². The fourth-order valence-electron chi connectivity index (χ4n) is 2.94. The van der Waals surface area contributed by atoms with Gasteiger partial charge in [0.2, 0.25) is 0 Å². The molecular formula is C19H21N3O2. The van der Waals surface area contributed by atoms with Crippen molar-refractivity contribution in [3.05, 3.63) is 64.6 Å². The number of pyridine rings is 1. The van der Waals surface area contributed by atoms with Gasteiger partial charge in [-0.1, -0.05) is 12.2 Å². The van der Waals surface area contributed by atoms with Crippen LogP contribution in [0, 0.1) is 0 Å². The van der Waals surface area contributed by atoms with Gasteiger partial charge in [-0.15, -0.1) is 0 Å². The second-order valence-corrected chi connectivity index (χ2v) is 5.83. The highest BCUT2D eigenvalue weighted by Crippen LogP contribution is 2.35. The molecular weight excluding hydrogens is 302 g/mol. The van der Waals surface area contributed by atoms with E-state index in [9.17, 15) is 4.79 Å². The van der Waals surface area contributed by atoms with Crippen LogP contribution in [-0.4, -0.2) is 25.8 Å². The maximum atomic E-state index is 12.4. The molecule has 0 amide bonds. The largest absolute Gasteiger partial charge is 0.496 e. The Balaban J connectivity index is 2.47. The number of aryl methyl sites for hydroxylation is 1. The van der Waals surface area contributed by atoms with Crippen LogP contribution in [0.3, 0.4) is 0 Å². The Morgan fingerprint density at radius 1 is 1.17 bits per heavy atom. The highest BCUT2D eigenvalue weighted by molar-refractivity contribution is 6.00. The Hall–Kier alpha value is -2.95.